The number of hydrogen-bond acceptors (Lipinski definition) is 6. The van der Waals surface area contributed by atoms with Gasteiger partial charge in [-0.05, 0) is 67.8 Å². The second-order valence-corrected chi connectivity index (χ2v) is 9.84. The maximum atomic E-state index is 13.8. The van der Waals surface area contributed by atoms with Gasteiger partial charge in [0, 0.05) is 16.7 Å². The number of aryl methyl sites for hydroxylation is 3. The quantitative estimate of drug-likeness (QED) is 0.253. The summed E-state index contributed by atoms with van der Waals surface area (Å²) in [5.41, 5.74) is 3.93. The molecule has 190 valence electrons. The zero-order valence-corrected chi connectivity index (χ0v) is 21.7. The molecule has 2 aromatic heterocycles. The van der Waals surface area contributed by atoms with Crippen molar-refractivity contribution in [3.63, 3.8) is 0 Å². The van der Waals surface area contributed by atoms with E-state index in [1.54, 1.807) is 31.2 Å². The molecule has 3 aromatic carbocycles. The van der Waals surface area contributed by atoms with E-state index in [1.807, 2.05) is 56.3 Å². The van der Waals surface area contributed by atoms with Crippen molar-refractivity contribution in [2.24, 2.45) is 0 Å². The van der Waals surface area contributed by atoms with Crippen molar-refractivity contribution in [1.29, 1.82) is 0 Å². The van der Waals surface area contributed by atoms with E-state index in [-0.39, 0.29) is 16.8 Å². The maximum absolute atomic E-state index is 13.8. The Labute approximate surface area is 223 Å². The molecule has 5 aromatic rings. The number of aromatic nitrogens is 1. The first-order chi connectivity index (χ1) is 18.3. The predicted molar refractivity (Wildman–Crippen MR) is 144 cm³/mol. The Bertz CT molecular complexity index is 1770. The minimum absolute atomic E-state index is 0.00968. The van der Waals surface area contributed by atoms with E-state index in [0.717, 1.165) is 16.7 Å². The Kier molecular flexibility index (Phi) is 5.80. The number of rotatable bonds is 5. The largest absolute Gasteiger partial charge is 0.489 e. The molecule has 0 saturated heterocycles. The fourth-order valence-electron chi connectivity index (χ4n) is 4.77. The lowest BCUT2D eigenvalue weighted by Crippen LogP contribution is -2.29. The van der Waals surface area contributed by atoms with Crippen molar-refractivity contribution in [3.8, 4) is 5.75 Å². The monoisotopic (exact) mass is 526 g/mol. The van der Waals surface area contributed by atoms with E-state index in [0.29, 0.717) is 45.5 Å². The average molecular weight is 527 g/mol. The van der Waals surface area contributed by atoms with Crippen molar-refractivity contribution < 1.29 is 18.5 Å². The molecule has 3 heterocycles. The van der Waals surface area contributed by atoms with E-state index in [9.17, 15) is 9.59 Å². The standard InChI is InChI=1S/C30H23ClN2O5/c1-16-12-22-24(13-17(16)2)37-29-26(28(22)34)27(33(30(29)35)25-14-18(3)38-32-25)19-8-10-21(11-9-19)36-15-20-6-4-5-7-23(20)31/h4-14,27H,15H2,1-3H3. The third-order valence-corrected chi connectivity index (χ3v) is 7.27. The molecule has 0 spiro atoms. The molecule has 0 fully saturated rings. The highest BCUT2D eigenvalue weighted by Gasteiger charge is 2.45. The van der Waals surface area contributed by atoms with Crippen molar-refractivity contribution in [2.45, 2.75) is 33.4 Å². The van der Waals surface area contributed by atoms with Gasteiger partial charge >= 0.3 is 0 Å². The van der Waals surface area contributed by atoms with Gasteiger partial charge in [0.1, 0.15) is 23.7 Å². The van der Waals surface area contributed by atoms with Crippen LogP contribution in [0, 0.1) is 20.8 Å². The van der Waals surface area contributed by atoms with Crippen LogP contribution in [0.15, 0.2) is 80.5 Å². The van der Waals surface area contributed by atoms with Crippen molar-refractivity contribution >= 4 is 34.3 Å². The molecule has 1 unspecified atom stereocenters. The van der Waals surface area contributed by atoms with Gasteiger partial charge in [-0.2, -0.15) is 0 Å². The molecule has 1 atom stereocenters. The van der Waals surface area contributed by atoms with Gasteiger partial charge in [0.05, 0.1) is 17.0 Å². The zero-order chi connectivity index (χ0) is 26.6. The molecular weight excluding hydrogens is 504 g/mol. The minimum atomic E-state index is -0.748. The summed E-state index contributed by atoms with van der Waals surface area (Å²) in [6.45, 7) is 5.93. The lowest BCUT2D eigenvalue weighted by atomic mass is 9.97. The number of carbonyl (C=O) groups is 1. The molecule has 0 radical (unpaired) electrons. The summed E-state index contributed by atoms with van der Waals surface area (Å²) in [5.74, 6) is 1.03. The molecule has 0 aliphatic carbocycles. The van der Waals surface area contributed by atoms with Crippen molar-refractivity contribution in [2.75, 3.05) is 4.90 Å². The summed E-state index contributed by atoms with van der Waals surface area (Å²) in [7, 11) is 0. The number of hydrogen-bond donors (Lipinski definition) is 0. The van der Waals surface area contributed by atoms with Crippen LogP contribution in [0.3, 0.4) is 0 Å². The van der Waals surface area contributed by atoms with Crippen LogP contribution in [0.2, 0.25) is 5.02 Å². The second-order valence-electron chi connectivity index (χ2n) is 9.43. The maximum Gasteiger partial charge on any atom is 0.296 e. The molecule has 1 aliphatic heterocycles. The fourth-order valence-corrected chi connectivity index (χ4v) is 4.96. The topological polar surface area (TPSA) is 85.8 Å². The summed E-state index contributed by atoms with van der Waals surface area (Å²) in [6.07, 6.45) is 0. The molecule has 8 heteroatoms. The molecule has 1 aliphatic rings. The highest BCUT2D eigenvalue weighted by molar-refractivity contribution is 6.31. The summed E-state index contributed by atoms with van der Waals surface area (Å²) in [6, 6.07) is 19.3. The number of amides is 1. The summed E-state index contributed by atoms with van der Waals surface area (Å²) in [4.78, 5) is 29.0. The number of halogens is 1. The lowest BCUT2D eigenvalue weighted by molar-refractivity contribution is 0.0969. The Morgan fingerprint density at radius 2 is 1.71 bits per heavy atom. The highest BCUT2D eigenvalue weighted by atomic mass is 35.5. The van der Waals surface area contributed by atoms with Gasteiger partial charge in [0.25, 0.3) is 5.91 Å². The smallest absolute Gasteiger partial charge is 0.296 e. The number of anilines is 1. The third kappa shape index (κ3) is 3.96. The fraction of sp³-hybridized carbons (Fsp3) is 0.167. The average Bonchev–Trinajstić information content (AvgIpc) is 3.46. The van der Waals surface area contributed by atoms with Gasteiger partial charge < -0.3 is 13.7 Å². The van der Waals surface area contributed by atoms with Crippen LogP contribution in [0.25, 0.3) is 11.0 Å². The number of benzene rings is 3. The predicted octanol–water partition coefficient (Wildman–Crippen LogP) is 6.69. The lowest BCUT2D eigenvalue weighted by Gasteiger charge is -2.22. The van der Waals surface area contributed by atoms with Crippen LogP contribution in [-0.4, -0.2) is 11.1 Å². The zero-order valence-electron chi connectivity index (χ0n) is 20.9. The van der Waals surface area contributed by atoms with E-state index < -0.39 is 11.9 Å². The molecule has 0 N–H and O–H groups in total. The van der Waals surface area contributed by atoms with Crippen LogP contribution in [0.1, 0.15) is 50.2 Å². The first kappa shape index (κ1) is 24.0. The summed E-state index contributed by atoms with van der Waals surface area (Å²) >= 11 is 6.24. The number of carbonyl (C=O) groups excluding carboxylic acids is 1. The first-order valence-corrected chi connectivity index (χ1v) is 12.5. The molecule has 38 heavy (non-hydrogen) atoms. The van der Waals surface area contributed by atoms with Gasteiger partial charge in [0.15, 0.2) is 11.2 Å². The Morgan fingerprint density at radius 1 is 0.974 bits per heavy atom. The Hall–Kier alpha value is -4.36. The van der Waals surface area contributed by atoms with Crippen molar-refractivity contribution in [3.05, 3.63) is 121 Å². The van der Waals surface area contributed by atoms with Gasteiger partial charge in [-0.3, -0.25) is 14.5 Å². The van der Waals surface area contributed by atoms with Gasteiger partial charge in [-0.25, -0.2) is 0 Å². The summed E-state index contributed by atoms with van der Waals surface area (Å²) < 4.78 is 17.3. The van der Waals surface area contributed by atoms with Gasteiger partial charge in [0.2, 0.25) is 5.76 Å². The molecule has 7 nitrogen and oxygen atoms in total. The van der Waals surface area contributed by atoms with Crippen molar-refractivity contribution in [1.82, 2.24) is 5.16 Å². The van der Waals surface area contributed by atoms with Gasteiger partial charge in [-0.15, -0.1) is 0 Å². The van der Waals surface area contributed by atoms with E-state index in [2.05, 4.69) is 5.16 Å². The van der Waals surface area contributed by atoms with Crippen LogP contribution < -0.4 is 15.1 Å². The SMILES string of the molecule is Cc1cc(N2C(=O)c3oc4cc(C)c(C)cc4c(=O)c3C2c2ccc(OCc3ccccc3Cl)cc2)no1. The molecule has 0 saturated carbocycles. The van der Waals surface area contributed by atoms with Crippen LogP contribution in [-0.2, 0) is 6.61 Å². The van der Waals surface area contributed by atoms with E-state index in [1.165, 1.54) is 4.90 Å². The van der Waals surface area contributed by atoms with Crippen LogP contribution in [0.5, 0.6) is 5.75 Å². The number of nitrogens with zero attached hydrogens (tertiary/aromatic N) is 2. The first-order valence-electron chi connectivity index (χ1n) is 12.1. The van der Waals surface area contributed by atoms with E-state index in [4.69, 9.17) is 25.3 Å². The summed E-state index contributed by atoms with van der Waals surface area (Å²) in [5, 5.41) is 5.14. The molecule has 0 bridgehead atoms. The molecule has 1 amide bonds. The highest BCUT2D eigenvalue weighted by Crippen LogP contribution is 2.41. The van der Waals surface area contributed by atoms with E-state index >= 15 is 0 Å². The molecule has 6 rings (SSSR count). The normalized spacial score (nSPS) is 14.8. The van der Waals surface area contributed by atoms with Crippen LogP contribution >= 0.6 is 11.6 Å². The Morgan fingerprint density at radius 3 is 2.42 bits per heavy atom. The number of fused-ring (bicyclic) bond motifs is 2. The second kappa shape index (κ2) is 9.19. The number of ether oxygens (including phenoxy) is 1. The minimum Gasteiger partial charge on any atom is -0.489 e. The van der Waals surface area contributed by atoms with Gasteiger partial charge in [-0.1, -0.05) is 47.1 Å². The Balaban J connectivity index is 1.44. The third-order valence-electron chi connectivity index (χ3n) is 6.90. The molecular formula is C30H23ClN2O5. The van der Waals surface area contributed by atoms with Crippen LogP contribution in [0.4, 0.5) is 5.82 Å².